The fourth-order valence-electron chi connectivity index (χ4n) is 5.03. The van der Waals surface area contributed by atoms with Gasteiger partial charge in [0.25, 0.3) is 0 Å². The number of nitrogens with one attached hydrogen (secondary N) is 1. The first-order chi connectivity index (χ1) is 9.91. The molecule has 0 aromatic heterocycles. The molecule has 1 saturated carbocycles. The van der Waals surface area contributed by atoms with Gasteiger partial charge in [-0.3, -0.25) is 9.69 Å². The molecular weight excluding hydrogens is 264 g/mol. The Balaban J connectivity index is 1.66. The molecular formula is C17H30N2O2. The van der Waals surface area contributed by atoms with Gasteiger partial charge in [0.2, 0.25) is 0 Å². The maximum atomic E-state index is 11.5. The number of carbonyl (C=O) groups is 1. The Morgan fingerprint density at radius 3 is 2.62 bits per heavy atom. The molecule has 4 nitrogen and oxygen atoms in total. The van der Waals surface area contributed by atoms with Gasteiger partial charge in [0.15, 0.2) is 0 Å². The SMILES string of the molecule is CC1C(NC2CCN3CCCC23)CCC(C(=O)O)C1(C)C. The maximum Gasteiger partial charge on any atom is 0.307 e. The van der Waals surface area contributed by atoms with E-state index in [1.807, 2.05) is 0 Å². The minimum absolute atomic E-state index is 0.129. The number of rotatable bonds is 3. The predicted octanol–water partition coefficient (Wildman–Crippen LogP) is 2.34. The second-order valence-corrected chi connectivity index (χ2v) is 7.99. The van der Waals surface area contributed by atoms with Gasteiger partial charge in [-0.15, -0.1) is 0 Å². The van der Waals surface area contributed by atoms with Gasteiger partial charge < -0.3 is 10.4 Å². The highest BCUT2D eigenvalue weighted by molar-refractivity contribution is 5.71. The van der Waals surface area contributed by atoms with Crippen LogP contribution in [0.1, 0.15) is 52.9 Å². The summed E-state index contributed by atoms with van der Waals surface area (Å²) in [6.07, 6.45) is 5.75. The molecule has 2 saturated heterocycles. The van der Waals surface area contributed by atoms with E-state index in [-0.39, 0.29) is 11.3 Å². The van der Waals surface area contributed by atoms with E-state index in [0.717, 1.165) is 18.9 Å². The van der Waals surface area contributed by atoms with E-state index < -0.39 is 5.97 Å². The van der Waals surface area contributed by atoms with E-state index in [1.165, 1.54) is 32.4 Å². The van der Waals surface area contributed by atoms with Crippen LogP contribution in [-0.4, -0.2) is 47.2 Å². The Kier molecular flexibility index (Phi) is 4.04. The maximum absolute atomic E-state index is 11.5. The molecule has 0 amide bonds. The second kappa shape index (κ2) is 5.54. The summed E-state index contributed by atoms with van der Waals surface area (Å²) < 4.78 is 0. The van der Waals surface area contributed by atoms with Crippen molar-refractivity contribution in [1.29, 1.82) is 0 Å². The highest BCUT2D eigenvalue weighted by Gasteiger charge is 2.47. The number of hydrogen-bond acceptors (Lipinski definition) is 3. The van der Waals surface area contributed by atoms with Crippen LogP contribution in [0.2, 0.25) is 0 Å². The first-order valence-corrected chi connectivity index (χ1v) is 8.64. The van der Waals surface area contributed by atoms with Crippen molar-refractivity contribution in [1.82, 2.24) is 10.2 Å². The Morgan fingerprint density at radius 1 is 1.14 bits per heavy atom. The fraction of sp³-hybridized carbons (Fsp3) is 0.941. The summed E-state index contributed by atoms with van der Waals surface area (Å²) in [4.78, 5) is 14.1. The van der Waals surface area contributed by atoms with Crippen LogP contribution in [0.5, 0.6) is 0 Å². The first kappa shape index (κ1) is 15.3. The minimum Gasteiger partial charge on any atom is -0.481 e. The van der Waals surface area contributed by atoms with Crippen molar-refractivity contribution in [2.45, 2.75) is 71.0 Å². The number of hydrogen-bond donors (Lipinski definition) is 2. The van der Waals surface area contributed by atoms with Gasteiger partial charge in [-0.2, -0.15) is 0 Å². The van der Waals surface area contributed by atoms with E-state index in [4.69, 9.17) is 0 Å². The predicted molar refractivity (Wildman–Crippen MR) is 83.2 cm³/mol. The van der Waals surface area contributed by atoms with Gasteiger partial charge >= 0.3 is 5.97 Å². The van der Waals surface area contributed by atoms with E-state index in [1.54, 1.807) is 0 Å². The van der Waals surface area contributed by atoms with Crippen molar-refractivity contribution in [2.75, 3.05) is 13.1 Å². The summed E-state index contributed by atoms with van der Waals surface area (Å²) in [5, 5.41) is 13.4. The topological polar surface area (TPSA) is 52.6 Å². The standard InChI is InChI=1S/C17H30N2O2/c1-11-13(7-6-12(16(20)21)17(11,2)3)18-14-8-10-19-9-4-5-15(14)19/h11-15,18H,4-10H2,1-3H3,(H,20,21). The average molecular weight is 294 g/mol. The molecule has 5 atom stereocenters. The van der Waals surface area contributed by atoms with Gasteiger partial charge in [0.1, 0.15) is 0 Å². The third-order valence-corrected chi connectivity index (χ3v) is 6.77. The molecule has 0 bridgehead atoms. The summed E-state index contributed by atoms with van der Waals surface area (Å²) in [7, 11) is 0. The number of carboxylic acids is 1. The molecule has 0 aromatic rings. The van der Waals surface area contributed by atoms with Crippen molar-refractivity contribution in [3.8, 4) is 0 Å². The summed E-state index contributed by atoms with van der Waals surface area (Å²) in [6, 6.07) is 1.83. The third-order valence-electron chi connectivity index (χ3n) is 6.77. The number of fused-ring (bicyclic) bond motifs is 1. The van der Waals surface area contributed by atoms with Crippen molar-refractivity contribution >= 4 is 5.97 Å². The van der Waals surface area contributed by atoms with E-state index in [2.05, 4.69) is 31.0 Å². The van der Waals surface area contributed by atoms with Gasteiger partial charge in [-0.05, 0) is 50.0 Å². The Labute approximate surface area is 128 Å². The molecule has 4 heteroatoms. The van der Waals surface area contributed by atoms with Gasteiger partial charge in [0.05, 0.1) is 5.92 Å². The zero-order chi connectivity index (χ0) is 15.2. The van der Waals surface area contributed by atoms with E-state index >= 15 is 0 Å². The normalized spacial score (nSPS) is 42.9. The van der Waals surface area contributed by atoms with Crippen LogP contribution in [0.3, 0.4) is 0 Å². The van der Waals surface area contributed by atoms with Crippen LogP contribution in [-0.2, 0) is 4.79 Å². The third kappa shape index (κ3) is 2.61. The molecule has 120 valence electrons. The quantitative estimate of drug-likeness (QED) is 0.839. The Hall–Kier alpha value is -0.610. The van der Waals surface area contributed by atoms with Crippen LogP contribution < -0.4 is 5.32 Å². The molecule has 2 aliphatic heterocycles. The molecule has 2 heterocycles. The zero-order valence-corrected chi connectivity index (χ0v) is 13.6. The monoisotopic (exact) mass is 294 g/mol. The molecule has 0 spiro atoms. The van der Waals surface area contributed by atoms with Crippen molar-refractivity contribution < 1.29 is 9.90 Å². The molecule has 3 aliphatic rings. The van der Waals surface area contributed by atoms with Crippen molar-refractivity contribution in [2.24, 2.45) is 17.3 Å². The molecule has 1 aliphatic carbocycles. The van der Waals surface area contributed by atoms with Gasteiger partial charge in [0, 0.05) is 24.7 Å². The Bertz CT molecular complexity index is 410. The smallest absolute Gasteiger partial charge is 0.307 e. The minimum atomic E-state index is -0.617. The average Bonchev–Trinajstić information content (AvgIpc) is 2.99. The van der Waals surface area contributed by atoms with Gasteiger partial charge in [-0.1, -0.05) is 20.8 Å². The second-order valence-electron chi connectivity index (χ2n) is 7.99. The molecule has 3 fully saturated rings. The lowest BCUT2D eigenvalue weighted by Crippen LogP contribution is -2.55. The summed E-state index contributed by atoms with van der Waals surface area (Å²) in [5.41, 5.74) is -0.129. The number of nitrogens with zero attached hydrogens (tertiary/aromatic N) is 1. The highest BCUT2D eigenvalue weighted by atomic mass is 16.4. The summed E-state index contributed by atoms with van der Waals surface area (Å²) in [6.45, 7) is 9.04. The van der Waals surface area contributed by atoms with Crippen LogP contribution in [0.25, 0.3) is 0 Å². The largest absolute Gasteiger partial charge is 0.481 e. The van der Waals surface area contributed by atoms with Crippen molar-refractivity contribution in [3.63, 3.8) is 0 Å². The van der Waals surface area contributed by atoms with Crippen LogP contribution in [0.15, 0.2) is 0 Å². The fourth-order valence-corrected chi connectivity index (χ4v) is 5.03. The first-order valence-electron chi connectivity index (χ1n) is 8.64. The summed E-state index contributed by atoms with van der Waals surface area (Å²) >= 11 is 0. The molecule has 2 N–H and O–H groups in total. The highest BCUT2D eigenvalue weighted by Crippen LogP contribution is 2.45. The molecule has 0 aromatic carbocycles. The number of aliphatic carboxylic acids is 1. The van der Waals surface area contributed by atoms with Crippen LogP contribution in [0.4, 0.5) is 0 Å². The Morgan fingerprint density at radius 2 is 1.90 bits per heavy atom. The lowest BCUT2D eigenvalue weighted by Gasteiger charge is -2.47. The van der Waals surface area contributed by atoms with Gasteiger partial charge in [-0.25, -0.2) is 0 Å². The van der Waals surface area contributed by atoms with E-state index in [0.29, 0.717) is 18.0 Å². The molecule has 5 unspecified atom stereocenters. The lowest BCUT2D eigenvalue weighted by molar-refractivity contribution is -0.150. The molecule has 3 rings (SSSR count). The van der Waals surface area contributed by atoms with Crippen LogP contribution >= 0.6 is 0 Å². The number of carboxylic acid groups (broad SMARTS) is 1. The lowest BCUT2D eigenvalue weighted by atomic mass is 9.61. The van der Waals surface area contributed by atoms with E-state index in [9.17, 15) is 9.90 Å². The molecule has 0 radical (unpaired) electrons. The van der Waals surface area contributed by atoms with Crippen molar-refractivity contribution in [3.05, 3.63) is 0 Å². The molecule has 21 heavy (non-hydrogen) atoms. The van der Waals surface area contributed by atoms with Crippen LogP contribution in [0, 0.1) is 17.3 Å². The summed E-state index contributed by atoms with van der Waals surface area (Å²) in [5.74, 6) is -0.409. The zero-order valence-electron chi connectivity index (χ0n) is 13.6.